The van der Waals surface area contributed by atoms with E-state index in [0.717, 1.165) is 0 Å². The van der Waals surface area contributed by atoms with Crippen molar-refractivity contribution in [3.8, 4) is 0 Å². The van der Waals surface area contributed by atoms with Gasteiger partial charge in [-0.3, -0.25) is 0 Å². The number of hydrogen-bond donors (Lipinski definition) is 0. The molecule has 1 nitrogen and oxygen atoms in total. The van der Waals surface area contributed by atoms with E-state index in [1.807, 2.05) is 0 Å². The molecule has 0 aromatic heterocycles. The van der Waals surface area contributed by atoms with E-state index in [9.17, 15) is 0 Å². The Morgan fingerprint density at radius 1 is 0.313 bits per heavy atom. The number of hydrogen-bond acceptors (Lipinski definition) is 1. The summed E-state index contributed by atoms with van der Waals surface area (Å²) in [6.07, 6.45) is 0. The predicted molar refractivity (Wildman–Crippen MR) is 363 cm³/mol. The number of fused-ring (bicyclic) bond motifs is 10. The summed E-state index contributed by atoms with van der Waals surface area (Å²) in [5.41, 5.74) is 25.8. The molecule has 3 aliphatic rings. The minimum Gasteiger partial charge on any atom is -0.310 e. The van der Waals surface area contributed by atoms with E-state index in [2.05, 4.69) is 312 Å². The molecular formula is C79H79B2NSi. The van der Waals surface area contributed by atoms with Crippen LogP contribution in [0.2, 0.25) is 0 Å². The average Bonchev–Trinajstić information content (AvgIpc) is 0.766. The van der Waals surface area contributed by atoms with Crippen LogP contribution in [0.15, 0.2) is 224 Å². The van der Waals surface area contributed by atoms with Gasteiger partial charge in [-0.05, 0) is 136 Å². The van der Waals surface area contributed by atoms with Gasteiger partial charge in [0.05, 0.1) is 16.8 Å². The Morgan fingerprint density at radius 3 is 1.05 bits per heavy atom. The van der Waals surface area contributed by atoms with Crippen molar-refractivity contribution in [3.05, 3.63) is 280 Å². The SMILES string of the molecule is CC(C)c1cc(C(C)C)c(B2c3ccccc3B(c3c(C(C)C)cc(C(C)C)cc3C(C)C)c3cc(N4c5ccccc5C5(c6ccccc64)c4ccccc4[Si](c4ccccc4)(c4ccccc4)c4ccccc45)ccc32)c(C(C)C)c1. The maximum absolute atomic E-state index is 2.91. The van der Waals surface area contributed by atoms with Crippen LogP contribution in [0.25, 0.3) is 0 Å². The summed E-state index contributed by atoms with van der Waals surface area (Å²) in [4.78, 5) is 2.65. The highest BCUT2D eigenvalue weighted by Crippen LogP contribution is 2.58. The number of nitrogens with zero attached hydrogens (tertiary/aromatic N) is 1. The van der Waals surface area contributed by atoms with Gasteiger partial charge in [0.15, 0.2) is 8.07 Å². The molecule has 0 saturated carbocycles. The normalized spacial score (nSPS) is 14.6. The Hall–Kier alpha value is -7.65. The van der Waals surface area contributed by atoms with Crippen molar-refractivity contribution in [3.63, 3.8) is 0 Å². The summed E-state index contributed by atoms with van der Waals surface area (Å²) in [5.74, 6) is 2.18. The molecule has 410 valence electrons. The molecule has 0 aliphatic carbocycles. The van der Waals surface area contributed by atoms with Gasteiger partial charge < -0.3 is 4.90 Å². The summed E-state index contributed by atoms with van der Waals surface area (Å²) in [6.45, 7) is 28.9. The molecule has 0 N–H and O–H groups in total. The second-order valence-electron chi connectivity index (χ2n) is 26.2. The maximum atomic E-state index is 2.66. The molecule has 0 bridgehead atoms. The Balaban J connectivity index is 1.12. The molecule has 3 aliphatic heterocycles. The Kier molecular flexibility index (Phi) is 13.9. The molecule has 10 aromatic carbocycles. The molecule has 13 rings (SSSR count). The van der Waals surface area contributed by atoms with E-state index in [0.29, 0.717) is 35.5 Å². The monoisotopic (exact) mass is 1090 g/mol. The van der Waals surface area contributed by atoms with Crippen LogP contribution in [0.3, 0.4) is 0 Å². The fraction of sp³-hybridized carbons (Fsp3) is 0.241. The summed E-state index contributed by atoms with van der Waals surface area (Å²) < 4.78 is 0. The Morgan fingerprint density at radius 2 is 0.651 bits per heavy atom. The topological polar surface area (TPSA) is 3.24 Å². The van der Waals surface area contributed by atoms with Crippen molar-refractivity contribution in [2.24, 2.45) is 0 Å². The van der Waals surface area contributed by atoms with Crippen molar-refractivity contribution in [2.45, 2.75) is 124 Å². The summed E-state index contributed by atoms with van der Waals surface area (Å²) >= 11 is 0. The Labute approximate surface area is 498 Å². The fourth-order valence-electron chi connectivity index (χ4n) is 15.7. The summed E-state index contributed by atoms with van der Waals surface area (Å²) in [7, 11) is -2.91. The van der Waals surface area contributed by atoms with E-state index in [1.165, 1.54) is 126 Å². The van der Waals surface area contributed by atoms with E-state index >= 15 is 0 Å². The lowest BCUT2D eigenvalue weighted by atomic mass is 9.20. The predicted octanol–water partition coefficient (Wildman–Crippen LogP) is 13.6. The van der Waals surface area contributed by atoms with Crippen molar-refractivity contribution in [2.75, 3.05) is 4.90 Å². The molecule has 4 heteroatoms. The average molecular weight is 1090 g/mol. The van der Waals surface area contributed by atoms with Crippen molar-refractivity contribution in [1.82, 2.24) is 0 Å². The first-order valence-electron chi connectivity index (χ1n) is 31.1. The van der Waals surface area contributed by atoms with Crippen LogP contribution in [0.4, 0.5) is 17.1 Å². The second-order valence-corrected chi connectivity index (χ2v) is 29.9. The lowest BCUT2D eigenvalue weighted by molar-refractivity contribution is 0.736. The van der Waals surface area contributed by atoms with Gasteiger partial charge in [-0.2, -0.15) is 0 Å². The standard InChI is InChI=1S/C79H79B2NSi/c1-50(2)56-45-61(52(5)6)77(62(46-56)53(7)8)80-69-37-23-24-38-70(69)81(78-63(54(9)10)47-57(51(3)4)48-64(78)55(11)12)72-49-58(43-44-71(72)80)82-73-39-25-19-33-65(73)79(66-34-20-26-40-74(66)82)67-35-21-27-41-75(67)83(59-29-15-13-16-30-59,60-31-17-14-18-32-60)76-42-28-22-36-68(76)79/h13-55H,1-12H3. The summed E-state index contributed by atoms with van der Waals surface area (Å²) in [6, 6.07) is 88.7. The third-order valence-corrected chi connectivity index (χ3v) is 24.4. The van der Waals surface area contributed by atoms with Crippen LogP contribution in [0.5, 0.6) is 0 Å². The van der Waals surface area contributed by atoms with Gasteiger partial charge in [-0.15, -0.1) is 0 Å². The third-order valence-electron chi connectivity index (χ3n) is 19.5. The first-order valence-corrected chi connectivity index (χ1v) is 33.1. The number of benzene rings is 10. The van der Waals surface area contributed by atoms with Gasteiger partial charge >= 0.3 is 0 Å². The van der Waals surface area contributed by atoms with Crippen LogP contribution >= 0.6 is 0 Å². The molecule has 0 fully saturated rings. The number of anilines is 3. The van der Waals surface area contributed by atoms with Crippen LogP contribution in [-0.4, -0.2) is 21.5 Å². The largest absolute Gasteiger partial charge is 0.310 e. The van der Waals surface area contributed by atoms with Gasteiger partial charge in [-0.1, -0.05) is 316 Å². The van der Waals surface area contributed by atoms with Gasteiger partial charge in [0, 0.05) is 5.69 Å². The van der Waals surface area contributed by atoms with Gasteiger partial charge in [0.2, 0.25) is 13.4 Å². The van der Waals surface area contributed by atoms with Crippen molar-refractivity contribution in [1.29, 1.82) is 0 Å². The van der Waals surface area contributed by atoms with E-state index in [4.69, 9.17) is 0 Å². The third kappa shape index (κ3) is 8.31. The van der Waals surface area contributed by atoms with Crippen molar-refractivity contribution < 1.29 is 0 Å². The molecule has 10 aromatic rings. The molecule has 0 saturated heterocycles. The fourth-order valence-corrected chi connectivity index (χ4v) is 21.0. The highest BCUT2D eigenvalue weighted by atomic mass is 28.3. The zero-order valence-corrected chi connectivity index (χ0v) is 51.9. The first kappa shape index (κ1) is 54.6. The van der Waals surface area contributed by atoms with Crippen molar-refractivity contribution >= 4 is 92.1 Å². The zero-order chi connectivity index (χ0) is 57.6. The molecule has 0 atom stereocenters. The van der Waals surface area contributed by atoms with Crippen LogP contribution in [0.1, 0.15) is 174 Å². The molecular weight excluding hydrogens is 1010 g/mol. The van der Waals surface area contributed by atoms with E-state index in [-0.39, 0.29) is 13.4 Å². The quantitative estimate of drug-likeness (QED) is 0.117. The second kappa shape index (κ2) is 21.2. The van der Waals surface area contributed by atoms with Crippen LogP contribution in [0, 0.1) is 0 Å². The number of rotatable bonds is 11. The minimum absolute atomic E-state index is 0.00104. The molecule has 0 amide bonds. The smallest absolute Gasteiger partial charge is 0.240 e. The van der Waals surface area contributed by atoms with Gasteiger partial charge in [-0.25, -0.2) is 0 Å². The molecule has 0 unspecified atom stereocenters. The molecule has 3 heterocycles. The lowest BCUT2D eigenvalue weighted by Crippen LogP contribution is -2.79. The van der Waals surface area contributed by atoms with Gasteiger partial charge in [0.25, 0.3) is 0 Å². The van der Waals surface area contributed by atoms with E-state index in [1.54, 1.807) is 0 Å². The van der Waals surface area contributed by atoms with Gasteiger partial charge in [0.1, 0.15) is 0 Å². The lowest BCUT2D eigenvalue weighted by Gasteiger charge is -2.53. The maximum Gasteiger partial charge on any atom is 0.240 e. The minimum atomic E-state index is -2.91. The first-order chi connectivity index (χ1) is 40.2. The zero-order valence-electron chi connectivity index (χ0n) is 50.9. The number of para-hydroxylation sites is 2. The highest BCUT2D eigenvalue weighted by Gasteiger charge is 2.58. The van der Waals surface area contributed by atoms with Crippen LogP contribution < -0.4 is 58.4 Å². The molecule has 1 spiro atoms. The molecule has 0 radical (unpaired) electrons. The Bertz CT molecular complexity index is 3900. The summed E-state index contributed by atoms with van der Waals surface area (Å²) in [5, 5.41) is 5.70. The highest BCUT2D eigenvalue weighted by molar-refractivity contribution is 7.20. The molecule has 83 heavy (non-hydrogen) atoms. The van der Waals surface area contributed by atoms with E-state index < -0.39 is 13.5 Å². The van der Waals surface area contributed by atoms with Crippen LogP contribution in [-0.2, 0) is 5.41 Å².